The summed E-state index contributed by atoms with van der Waals surface area (Å²) in [6.45, 7) is 7.47. The molecule has 4 rings (SSSR count). The predicted molar refractivity (Wildman–Crippen MR) is 140 cm³/mol. The van der Waals surface area contributed by atoms with Crippen LogP contribution in [0.2, 0.25) is 0 Å². The molecule has 9 nitrogen and oxygen atoms in total. The second-order valence-corrected chi connectivity index (χ2v) is 9.44. The smallest absolute Gasteiger partial charge is 0.204 e. The molecule has 198 valence electrons. The van der Waals surface area contributed by atoms with Crippen LogP contribution in [-0.2, 0) is 15.9 Å². The minimum Gasteiger partial charge on any atom is -0.502 e. The maximum atomic E-state index is 14.2. The lowest BCUT2D eigenvalue weighted by molar-refractivity contribution is 0.0491. The standard InChI is InChI=1S/C28H32O9/c1-15(2)8-9-16-20-18(12-19(24(16)33-7)34-13-31-5)36-27-21(22(20)29)25(35-14-32-6)17-10-11-28(3,4)37-26(17)23(27)30/h8,10-12,30H,9,13-14H2,1-7H3. The van der Waals surface area contributed by atoms with Crippen molar-refractivity contribution >= 4 is 28.0 Å². The number of allylic oxidation sites excluding steroid dienone is 2. The van der Waals surface area contributed by atoms with Crippen LogP contribution in [-0.4, -0.2) is 45.6 Å². The number of hydrogen-bond acceptors (Lipinski definition) is 9. The number of phenolic OH excluding ortho intramolecular Hbond substituents is 1. The highest BCUT2D eigenvalue weighted by Gasteiger charge is 2.32. The highest BCUT2D eigenvalue weighted by molar-refractivity contribution is 6.02. The Hall–Kier alpha value is -3.69. The van der Waals surface area contributed by atoms with Crippen molar-refractivity contribution in [3.05, 3.63) is 45.1 Å². The van der Waals surface area contributed by atoms with E-state index in [1.165, 1.54) is 21.3 Å². The first kappa shape index (κ1) is 26.4. The van der Waals surface area contributed by atoms with E-state index in [9.17, 15) is 9.90 Å². The summed E-state index contributed by atoms with van der Waals surface area (Å²) in [5, 5.41) is 11.6. The molecule has 0 amide bonds. The first-order valence-corrected chi connectivity index (χ1v) is 11.8. The molecule has 0 saturated carbocycles. The molecule has 37 heavy (non-hydrogen) atoms. The molecule has 1 N–H and O–H groups in total. The van der Waals surface area contributed by atoms with Gasteiger partial charge < -0.3 is 37.9 Å². The van der Waals surface area contributed by atoms with Crippen molar-refractivity contribution in [1.29, 1.82) is 0 Å². The van der Waals surface area contributed by atoms with Crippen LogP contribution in [0.5, 0.6) is 28.7 Å². The van der Waals surface area contributed by atoms with Crippen molar-refractivity contribution in [3.63, 3.8) is 0 Å². The van der Waals surface area contributed by atoms with E-state index in [4.69, 9.17) is 32.8 Å². The Balaban J connectivity index is 2.17. The SMILES string of the molecule is COCOc1cc2oc3c(O)c4c(c(OCOC)c3c(=O)c2c(CC=C(C)C)c1OC)C=CC(C)(C)O4. The number of aromatic hydroxyl groups is 1. The van der Waals surface area contributed by atoms with Gasteiger partial charge in [0.2, 0.25) is 11.2 Å². The van der Waals surface area contributed by atoms with Crippen molar-refractivity contribution in [2.75, 3.05) is 34.9 Å². The van der Waals surface area contributed by atoms with Crippen LogP contribution in [0.1, 0.15) is 38.8 Å². The summed E-state index contributed by atoms with van der Waals surface area (Å²) >= 11 is 0. The quantitative estimate of drug-likeness (QED) is 0.232. The van der Waals surface area contributed by atoms with Gasteiger partial charge >= 0.3 is 0 Å². The zero-order valence-corrected chi connectivity index (χ0v) is 22.1. The monoisotopic (exact) mass is 512 g/mol. The minimum absolute atomic E-state index is 0.0369. The van der Waals surface area contributed by atoms with Gasteiger partial charge in [-0.25, -0.2) is 0 Å². The summed E-state index contributed by atoms with van der Waals surface area (Å²) in [6.07, 6.45) is 5.95. The molecule has 0 radical (unpaired) electrons. The predicted octanol–water partition coefficient (Wildman–Crippen LogP) is 5.32. The second kappa shape index (κ2) is 10.4. The molecule has 9 heteroatoms. The van der Waals surface area contributed by atoms with E-state index in [0.717, 1.165) is 5.57 Å². The van der Waals surface area contributed by atoms with Crippen LogP contribution >= 0.6 is 0 Å². The fourth-order valence-electron chi connectivity index (χ4n) is 4.29. The number of fused-ring (bicyclic) bond motifs is 3. The molecule has 2 aromatic carbocycles. The summed E-state index contributed by atoms with van der Waals surface area (Å²) in [7, 11) is 4.49. The van der Waals surface area contributed by atoms with Crippen LogP contribution in [0, 0.1) is 0 Å². The Bertz CT molecular complexity index is 1460. The number of rotatable bonds is 9. The van der Waals surface area contributed by atoms with E-state index in [1.807, 2.05) is 39.8 Å². The lowest BCUT2D eigenvalue weighted by Crippen LogP contribution is -2.28. The summed E-state index contributed by atoms with van der Waals surface area (Å²) in [6, 6.07) is 1.55. The Morgan fingerprint density at radius 3 is 2.41 bits per heavy atom. The van der Waals surface area contributed by atoms with Crippen LogP contribution in [0.25, 0.3) is 28.0 Å². The molecule has 2 heterocycles. The van der Waals surface area contributed by atoms with Gasteiger partial charge in [0, 0.05) is 25.8 Å². The van der Waals surface area contributed by atoms with Crippen LogP contribution < -0.4 is 24.4 Å². The Morgan fingerprint density at radius 1 is 1.05 bits per heavy atom. The molecule has 1 aliphatic rings. The highest BCUT2D eigenvalue weighted by Crippen LogP contribution is 2.50. The molecule has 0 aliphatic carbocycles. The maximum absolute atomic E-state index is 14.2. The van der Waals surface area contributed by atoms with Gasteiger partial charge in [0.15, 0.2) is 36.4 Å². The molecule has 0 unspecified atom stereocenters. The summed E-state index contributed by atoms with van der Waals surface area (Å²) in [5.41, 5.74) is 1.11. The topological polar surface area (TPSA) is 106 Å². The summed E-state index contributed by atoms with van der Waals surface area (Å²) < 4.78 is 39.8. The van der Waals surface area contributed by atoms with Crippen LogP contribution in [0.15, 0.2) is 33.0 Å². The molecular formula is C28H32O9. The zero-order chi connectivity index (χ0) is 26.9. The van der Waals surface area contributed by atoms with Gasteiger partial charge in [-0.3, -0.25) is 4.79 Å². The van der Waals surface area contributed by atoms with E-state index in [-0.39, 0.29) is 52.8 Å². The first-order valence-electron chi connectivity index (χ1n) is 11.8. The first-order chi connectivity index (χ1) is 17.6. The Kier molecular flexibility index (Phi) is 7.38. The van der Waals surface area contributed by atoms with Crippen molar-refractivity contribution < 1.29 is 37.9 Å². The third-order valence-corrected chi connectivity index (χ3v) is 5.94. The zero-order valence-electron chi connectivity index (χ0n) is 22.1. The molecule has 0 spiro atoms. The number of phenols is 1. The molecule has 1 aliphatic heterocycles. The molecule has 0 bridgehead atoms. The number of ether oxygens (including phenoxy) is 6. The van der Waals surface area contributed by atoms with Gasteiger partial charge in [0.1, 0.15) is 22.3 Å². The van der Waals surface area contributed by atoms with Crippen molar-refractivity contribution in [3.8, 4) is 28.7 Å². The van der Waals surface area contributed by atoms with Gasteiger partial charge in [-0.2, -0.15) is 0 Å². The van der Waals surface area contributed by atoms with Gasteiger partial charge in [0.05, 0.1) is 18.1 Å². The second-order valence-electron chi connectivity index (χ2n) is 9.44. The average Bonchev–Trinajstić information content (AvgIpc) is 2.85. The molecule has 0 atom stereocenters. The van der Waals surface area contributed by atoms with Gasteiger partial charge in [-0.05, 0) is 46.3 Å². The molecule has 1 aromatic heterocycles. The Morgan fingerprint density at radius 2 is 1.76 bits per heavy atom. The van der Waals surface area contributed by atoms with Crippen LogP contribution in [0.3, 0.4) is 0 Å². The highest BCUT2D eigenvalue weighted by atomic mass is 16.7. The third-order valence-electron chi connectivity index (χ3n) is 5.94. The van der Waals surface area contributed by atoms with E-state index >= 15 is 0 Å². The minimum atomic E-state index is -0.695. The maximum Gasteiger partial charge on any atom is 0.204 e. The van der Waals surface area contributed by atoms with E-state index in [0.29, 0.717) is 29.0 Å². The molecular weight excluding hydrogens is 480 g/mol. The molecule has 0 saturated heterocycles. The van der Waals surface area contributed by atoms with Gasteiger partial charge in [-0.1, -0.05) is 11.6 Å². The Labute approximate surface area is 214 Å². The van der Waals surface area contributed by atoms with Crippen molar-refractivity contribution in [1.82, 2.24) is 0 Å². The van der Waals surface area contributed by atoms with Crippen LogP contribution in [0.4, 0.5) is 0 Å². The normalized spacial score (nSPS) is 13.8. The molecule has 3 aromatic rings. The van der Waals surface area contributed by atoms with E-state index in [2.05, 4.69) is 0 Å². The number of methoxy groups -OCH3 is 3. The van der Waals surface area contributed by atoms with E-state index in [1.54, 1.807) is 12.1 Å². The largest absolute Gasteiger partial charge is 0.502 e. The lowest BCUT2D eigenvalue weighted by atomic mass is 9.96. The van der Waals surface area contributed by atoms with E-state index < -0.39 is 11.0 Å². The summed E-state index contributed by atoms with van der Waals surface area (Å²) in [4.78, 5) is 14.2. The van der Waals surface area contributed by atoms with Crippen molar-refractivity contribution in [2.45, 2.75) is 39.7 Å². The average molecular weight is 513 g/mol. The summed E-state index contributed by atoms with van der Waals surface area (Å²) in [5.74, 6) is 0.777. The number of hydrogen-bond donors (Lipinski definition) is 1. The fourth-order valence-corrected chi connectivity index (χ4v) is 4.29. The molecule has 0 fully saturated rings. The van der Waals surface area contributed by atoms with Gasteiger partial charge in [-0.15, -0.1) is 0 Å². The number of benzene rings is 2. The third kappa shape index (κ3) is 4.84. The fraction of sp³-hybridized carbons (Fsp3) is 0.393. The van der Waals surface area contributed by atoms with Crippen molar-refractivity contribution in [2.24, 2.45) is 0 Å². The van der Waals surface area contributed by atoms with Gasteiger partial charge in [0.25, 0.3) is 0 Å². The lowest BCUT2D eigenvalue weighted by Gasteiger charge is -2.29.